The standard InChI is InChI=1S/C13H20FNS/c1-3-13(15-9-4-10-16-2)11-5-7-12(14)8-6-11/h5-8,13,15H,3-4,9-10H2,1-2H3. The van der Waals surface area contributed by atoms with Gasteiger partial charge in [0.1, 0.15) is 5.82 Å². The summed E-state index contributed by atoms with van der Waals surface area (Å²) in [5.74, 6) is 1.02. The lowest BCUT2D eigenvalue weighted by atomic mass is 10.0. The van der Waals surface area contributed by atoms with Crippen LogP contribution >= 0.6 is 11.8 Å². The second kappa shape index (κ2) is 7.69. The molecule has 0 aromatic heterocycles. The molecule has 0 saturated carbocycles. The van der Waals surface area contributed by atoms with Gasteiger partial charge in [-0.1, -0.05) is 19.1 Å². The molecule has 1 rings (SSSR count). The Morgan fingerprint density at radius 2 is 2.00 bits per heavy atom. The van der Waals surface area contributed by atoms with Gasteiger partial charge in [-0.05, 0) is 49.1 Å². The Hall–Kier alpha value is -0.540. The lowest BCUT2D eigenvalue weighted by molar-refractivity contribution is 0.518. The molecule has 1 aromatic carbocycles. The highest BCUT2D eigenvalue weighted by Gasteiger charge is 2.07. The first kappa shape index (κ1) is 13.5. The summed E-state index contributed by atoms with van der Waals surface area (Å²) in [6.45, 7) is 3.17. The number of hydrogen-bond acceptors (Lipinski definition) is 2. The third-order valence-electron chi connectivity index (χ3n) is 2.60. The molecule has 16 heavy (non-hydrogen) atoms. The molecule has 1 aromatic rings. The summed E-state index contributed by atoms with van der Waals surface area (Å²) in [5, 5.41) is 3.50. The number of benzene rings is 1. The van der Waals surface area contributed by atoms with Crippen molar-refractivity contribution in [2.45, 2.75) is 25.8 Å². The van der Waals surface area contributed by atoms with E-state index >= 15 is 0 Å². The van der Waals surface area contributed by atoms with Crippen molar-refractivity contribution >= 4 is 11.8 Å². The first-order valence-electron chi connectivity index (χ1n) is 5.75. The van der Waals surface area contributed by atoms with Gasteiger partial charge >= 0.3 is 0 Å². The third-order valence-corrected chi connectivity index (χ3v) is 3.29. The molecule has 0 aliphatic carbocycles. The molecule has 1 nitrogen and oxygen atoms in total. The maximum absolute atomic E-state index is 12.8. The van der Waals surface area contributed by atoms with E-state index in [1.165, 1.54) is 29.9 Å². The number of hydrogen-bond donors (Lipinski definition) is 1. The van der Waals surface area contributed by atoms with Crippen LogP contribution in [0.3, 0.4) is 0 Å². The number of halogens is 1. The Morgan fingerprint density at radius 1 is 1.31 bits per heavy atom. The Kier molecular flexibility index (Phi) is 6.50. The molecule has 0 fully saturated rings. The van der Waals surface area contributed by atoms with Gasteiger partial charge in [-0.25, -0.2) is 4.39 Å². The van der Waals surface area contributed by atoms with Gasteiger partial charge in [-0.3, -0.25) is 0 Å². The fourth-order valence-electron chi connectivity index (χ4n) is 1.69. The van der Waals surface area contributed by atoms with E-state index in [1.807, 2.05) is 23.9 Å². The van der Waals surface area contributed by atoms with Crippen LogP contribution < -0.4 is 5.32 Å². The molecular formula is C13H20FNS. The fraction of sp³-hybridized carbons (Fsp3) is 0.538. The summed E-state index contributed by atoms with van der Waals surface area (Å²) >= 11 is 1.87. The third kappa shape index (κ3) is 4.54. The largest absolute Gasteiger partial charge is 0.310 e. The predicted octanol–water partition coefficient (Wildman–Crippen LogP) is 3.62. The van der Waals surface area contributed by atoms with Crippen LogP contribution in [0.25, 0.3) is 0 Å². The van der Waals surface area contributed by atoms with Crippen molar-refractivity contribution in [3.63, 3.8) is 0 Å². The zero-order valence-corrected chi connectivity index (χ0v) is 10.8. The first-order chi connectivity index (χ1) is 7.77. The highest BCUT2D eigenvalue weighted by atomic mass is 32.2. The van der Waals surface area contributed by atoms with E-state index in [1.54, 1.807) is 0 Å². The van der Waals surface area contributed by atoms with Gasteiger partial charge in [0.25, 0.3) is 0 Å². The van der Waals surface area contributed by atoms with Crippen LogP contribution in [-0.2, 0) is 0 Å². The van der Waals surface area contributed by atoms with Gasteiger partial charge in [0.05, 0.1) is 0 Å². The topological polar surface area (TPSA) is 12.0 Å². The van der Waals surface area contributed by atoms with E-state index in [0.29, 0.717) is 6.04 Å². The van der Waals surface area contributed by atoms with Crippen LogP contribution in [0.5, 0.6) is 0 Å². The van der Waals surface area contributed by atoms with Crippen molar-refractivity contribution in [3.8, 4) is 0 Å². The maximum atomic E-state index is 12.8. The first-order valence-corrected chi connectivity index (χ1v) is 7.15. The summed E-state index contributed by atoms with van der Waals surface area (Å²) in [5.41, 5.74) is 1.17. The SMILES string of the molecule is CCC(NCCCSC)c1ccc(F)cc1. The Bertz CT molecular complexity index is 286. The quantitative estimate of drug-likeness (QED) is 0.732. The molecule has 0 amide bonds. The zero-order valence-electron chi connectivity index (χ0n) is 10.0. The predicted molar refractivity (Wildman–Crippen MR) is 70.4 cm³/mol. The molecule has 0 radical (unpaired) electrons. The Balaban J connectivity index is 2.44. The average molecular weight is 241 g/mol. The molecule has 1 atom stereocenters. The van der Waals surface area contributed by atoms with Crippen molar-refractivity contribution in [2.24, 2.45) is 0 Å². The second-order valence-electron chi connectivity index (χ2n) is 3.81. The van der Waals surface area contributed by atoms with Crippen LogP contribution in [0, 0.1) is 5.82 Å². The molecule has 0 spiro atoms. The minimum atomic E-state index is -0.166. The van der Waals surface area contributed by atoms with Crippen LogP contribution in [0.15, 0.2) is 24.3 Å². The molecule has 1 N–H and O–H groups in total. The van der Waals surface area contributed by atoms with Crippen molar-refractivity contribution < 1.29 is 4.39 Å². The van der Waals surface area contributed by atoms with Crippen molar-refractivity contribution in [3.05, 3.63) is 35.6 Å². The molecule has 0 aliphatic rings. The van der Waals surface area contributed by atoms with E-state index < -0.39 is 0 Å². The smallest absolute Gasteiger partial charge is 0.123 e. The maximum Gasteiger partial charge on any atom is 0.123 e. The fourth-order valence-corrected chi connectivity index (χ4v) is 2.12. The van der Waals surface area contributed by atoms with Crippen molar-refractivity contribution in [2.75, 3.05) is 18.6 Å². The lowest BCUT2D eigenvalue weighted by Gasteiger charge is -2.17. The van der Waals surface area contributed by atoms with Gasteiger partial charge < -0.3 is 5.32 Å². The van der Waals surface area contributed by atoms with Crippen LogP contribution in [0.4, 0.5) is 4.39 Å². The molecule has 3 heteroatoms. The molecule has 0 bridgehead atoms. The summed E-state index contributed by atoms with van der Waals surface area (Å²) in [7, 11) is 0. The van der Waals surface area contributed by atoms with Crippen LogP contribution in [-0.4, -0.2) is 18.6 Å². The van der Waals surface area contributed by atoms with E-state index in [4.69, 9.17) is 0 Å². The monoisotopic (exact) mass is 241 g/mol. The van der Waals surface area contributed by atoms with E-state index in [0.717, 1.165) is 13.0 Å². The molecular weight excluding hydrogens is 221 g/mol. The van der Waals surface area contributed by atoms with Crippen molar-refractivity contribution in [1.29, 1.82) is 0 Å². The van der Waals surface area contributed by atoms with Gasteiger partial charge in [0.15, 0.2) is 0 Å². The second-order valence-corrected chi connectivity index (χ2v) is 4.80. The molecule has 90 valence electrons. The van der Waals surface area contributed by atoms with Crippen molar-refractivity contribution in [1.82, 2.24) is 5.32 Å². The summed E-state index contributed by atoms with van der Waals surface area (Å²) < 4.78 is 12.8. The molecule has 0 saturated heterocycles. The Labute approximate surface area is 102 Å². The minimum absolute atomic E-state index is 0.166. The van der Waals surface area contributed by atoms with Gasteiger partial charge in [-0.15, -0.1) is 0 Å². The molecule has 1 unspecified atom stereocenters. The van der Waals surface area contributed by atoms with Gasteiger partial charge in [0, 0.05) is 6.04 Å². The summed E-state index contributed by atoms with van der Waals surface area (Å²) in [4.78, 5) is 0. The zero-order chi connectivity index (χ0) is 11.8. The minimum Gasteiger partial charge on any atom is -0.310 e. The normalized spacial score (nSPS) is 12.7. The highest BCUT2D eigenvalue weighted by molar-refractivity contribution is 7.98. The molecule has 0 heterocycles. The average Bonchev–Trinajstić information content (AvgIpc) is 2.31. The van der Waals surface area contributed by atoms with Gasteiger partial charge in [0.2, 0.25) is 0 Å². The number of nitrogens with one attached hydrogen (secondary N) is 1. The van der Waals surface area contributed by atoms with E-state index in [-0.39, 0.29) is 5.82 Å². The van der Waals surface area contributed by atoms with Gasteiger partial charge in [-0.2, -0.15) is 11.8 Å². The summed E-state index contributed by atoms with van der Waals surface area (Å²) in [6.07, 6.45) is 4.33. The van der Waals surface area contributed by atoms with Crippen LogP contribution in [0.1, 0.15) is 31.4 Å². The highest BCUT2D eigenvalue weighted by Crippen LogP contribution is 2.16. The number of thioether (sulfide) groups is 1. The van der Waals surface area contributed by atoms with E-state index in [2.05, 4.69) is 18.5 Å². The lowest BCUT2D eigenvalue weighted by Crippen LogP contribution is -2.22. The Morgan fingerprint density at radius 3 is 2.56 bits per heavy atom. The van der Waals surface area contributed by atoms with Crippen LogP contribution in [0.2, 0.25) is 0 Å². The van der Waals surface area contributed by atoms with E-state index in [9.17, 15) is 4.39 Å². The number of rotatable bonds is 7. The molecule has 0 aliphatic heterocycles. The summed E-state index contributed by atoms with van der Waals surface area (Å²) in [6, 6.07) is 7.14.